The molecule has 0 spiro atoms. The summed E-state index contributed by atoms with van der Waals surface area (Å²) in [6.45, 7) is 1.89. The lowest BCUT2D eigenvalue weighted by Crippen LogP contribution is -2.25. The molecule has 0 aliphatic carbocycles. The Hall–Kier alpha value is -1.09. The van der Waals surface area contributed by atoms with Crippen molar-refractivity contribution in [2.75, 3.05) is 14.1 Å². The third kappa shape index (κ3) is 2.45. The van der Waals surface area contributed by atoms with Crippen molar-refractivity contribution in [2.24, 2.45) is 0 Å². The Morgan fingerprint density at radius 1 is 1.50 bits per heavy atom. The topological polar surface area (TPSA) is 33.2 Å². The van der Waals surface area contributed by atoms with Gasteiger partial charge in [-0.05, 0) is 18.6 Å². The molecule has 1 rings (SSSR count). The van der Waals surface area contributed by atoms with E-state index in [2.05, 4.69) is 4.98 Å². The zero-order valence-electron chi connectivity index (χ0n) is 8.49. The van der Waals surface area contributed by atoms with E-state index in [9.17, 15) is 4.79 Å². The van der Waals surface area contributed by atoms with Gasteiger partial charge in [-0.1, -0.05) is 6.07 Å². The van der Waals surface area contributed by atoms with Gasteiger partial charge in [0.2, 0.25) is 5.91 Å². The number of carbonyl (C=O) groups excluding carboxylic acids is 1. The summed E-state index contributed by atoms with van der Waals surface area (Å²) in [6, 6.07) is 3.66. The summed E-state index contributed by atoms with van der Waals surface area (Å²) in [5.74, 6) is -0.127. The van der Waals surface area contributed by atoms with E-state index in [1.54, 1.807) is 20.3 Å². The van der Waals surface area contributed by atoms with E-state index in [4.69, 9.17) is 11.6 Å². The van der Waals surface area contributed by atoms with Crippen molar-refractivity contribution in [3.63, 3.8) is 0 Å². The van der Waals surface area contributed by atoms with Crippen LogP contribution in [0.1, 0.15) is 16.6 Å². The summed E-state index contributed by atoms with van der Waals surface area (Å²) in [6.07, 6.45) is 1.63. The van der Waals surface area contributed by atoms with Crippen LogP contribution in [-0.2, 0) is 4.79 Å². The first kappa shape index (κ1) is 11.0. The van der Waals surface area contributed by atoms with Crippen molar-refractivity contribution in [1.29, 1.82) is 0 Å². The van der Waals surface area contributed by atoms with Gasteiger partial charge in [-0.15, -0.1) is 11.6 Å². The van der Waals surface area contributed by atoms with Crippen LogP contribution in [0.2, 0.25) is 0 Å². The van der Waals surface area contributed by atoms with E-state index >= 15 is 0 Å². The molecule has 0 N–H and O–H groups in total. The van der Waals surface area contributed by atoms with Crippen LogP contribution in [0.15, 0.2) is 18.3 Å². The van der Waals surface area contributed by atoms with E-state index in [0.29, 0.717) is 0 Å². The predicted molar refractivity (Wildman–Crippen MR) is 56.3 cm³/mol. The number of aromatic nitrogens is 1. The van der Waals surface area contributed by atoms with Crippen molar-refractivity contribution < 1.29 is 4.79 Å². The first-order valence-electron chi connectivity index (χ1n) is 4.30. The largest absolute Gasteiger partial charge is 0.347 e. The SMILES string of the molecule is Cc1ccc(C(Cl)C(=O)N(C)C)cn1. The van der Waals surface area contributed by atoms with Crippen molar-refractivity contribution in [3.8, 4) is 0 Å². The molecule has 1 unspecified atom stereocenters. The summed E-state index contributed by atoms with van der Waals surface area (Å²) in [5, 5.41) is -0.641. The Morgan fingerprint density at radius 2 is 2.14 bits per heavy atom. The molecule has 0 aliphatic heterocycles. The molecule has 0 radical (unpaired) electrons. The molecular weight excluding hydrogens is 200 g/mol. The van der Waals surface area contributed by atoms with Gasteiger partial charge in [0.1, 0.15) is 5.38 Å². The second kappa shape index (κ2) is 4.42. The average Bonchev–Trinajstić information content (AvgIpc) is 2.16. The molecule has 1 amide bonds. The fourth-order valence-corrected chi connectivity index (χ4v) is 1.32. The summed E-state index contributed by atoms with van der Waals surface area (Å²) in [7, 11) is 3.36. The molecular formula is C10H13ClN2O. The van der Waals surface area contributed by atoms with Crippen LogP contribution in [0.5, 0.6) is 0 Å². The average molecular weight is 213 g/mol. The van der Waals surface area contributed by atoms with E-state index in [1.165, 1.54) is 4.90 Å². The third-order valence-corrected chi connectivity index (χ3v) is 2.32. The Labute approximate surface area is 88.7 Å². The van der Waals surface area contributed by atoms with Crippen molar-refractivity contribution >= 4 is 17.5 Å². The quantitative estimate of drug-likeness (QED) is 0.700. The molecule has 0 aliphatic rings. The standard InChI is InChI=1S/C10H13ClN2O/c1-7-4-5-8(6-12-7)9(11)10(14)13(2)3/h4-6,9H,1-3H3. The van der Waals surface area contributed by atoms with Crippen LogP contribution in [0, 0.1) is 6.92 Å². The van der Waals surface area contributed by atoms with Gasteiger partial charge in [-0.2, -0.15) is 0 Å². The molecule has 0 aromatic carbocycles. The number of halogens is 1. The maximum atomic E-state index is 11.5. The highest BCUT2D eigenvalue weighted by atomic mass is 35.5. The Bertz CT molecular complexity index is 321. The molecule has 3 nitrogen and oxygen atoms in total. The summed E-state index contributed by atoms with van der Waals surface area (Å²) < 4.78 is 0. The second-order valence-corrected chi connectivity index (χ2v) is 3.76. The van der Waals surface area contributed by atoms with Crippen molar-refractivity contribution in [2.45, 2.75) is 12.3 Å². The number of alkyl halides is 1. The van der Waals surface area contributed by atoms with E-state index < -0.39 is 5.38 Å². The normalized spacial score (nSPS) is 12.3. The molecule has 4 heteroatoms. The number of rotatable bonds is 2. The lowest BCUT2D eigenvalue weighted by molar-refractivity contribution is -0.128. The van der Waals surface area contributed by atoms with Gasteiger partial charge >= 0.3 is 0 Å². The first-order valence-corrected chi connectivity index (χ1v) is 4.74. The molecule has 0 bridgehead atoms. The van der Waals surface area contributed by atoms with Gasteiger partial charge in [0, 0.05) is 26.0 Å². The fourth-order valence-electron chi connectivity index (χ4n) is 0.998. The predicted octanol–water partition coefficient (Wildman–Crippen LogP) is 1.76. The van der Waals surface area contributed by atoms with E-state index in [-0.39, 0.29) is 5.91 Å². The van der Waals surface area contributed by atoms with Crippen molar-refractivity contribution in [3.05, 3.63) is 29.6 Å². The van der Waals surface area contributed by atoms with Crippen LogP contribution in [0.25, 0.3) is 0 Å². The smallest absolute Gasteiger partial charge is 0.244 e. The van der Waals surface area contributed by atoms with Crippen LogP contribution in [0.4, 0.5) is 0 Å². The zero-order chi connectivity index (χ0) is 10.7. The first-order chi connectivity index (χ1) is 6.52. The molecule has 76 valence electrons. The van der Waals surface area contributed by atoms with Crippen LogP contribution in [-0.4, -0.2) is 29.9 Å². The van der Waals surface area contributed by atoms with Gasteiger partial charge in [-0.3, -0.25) is 9.78 Å². The number of nitrogens with zero attached hydrogens (tertiary/aromatic N) is 2. The highest BCUT2D eigenvalue weighted by Gasteiger charge is 2.19. The number of amides is 1. The highest BCUT2D eigenvalue weighted by molar-refractivity contribution is 6.30. The fraction of sp³-hybridized carbons (Fsp3) is 0.400. The molecule has 1 atom stereocenters. The minimum atomic E-state index is -0.641. The van der Waals surface area contributed by atoms with Crippen molar-refractivity contribution in [1.82, 2.24) is 9.88 Å². The summed E-state index contributed by atoms with van der Waals surface area (Å²) >= 11 is 5.97. The molecule has 0 saturated heterocycles. The van der Waals surface area contributed by atoms with Gasteiger partial charge in [0.25, 0.3) is 0 Å². The van der Waals surface area contributed by atoms with Gasteiger partial charge < -0.3 is 4.90 Å². The highest BCUT2D eigenvalue weighted by Crippen LogP contribution is 2.21. The zero-order valence-corrected chi connectivity index (χ0v) is 9.25. The monoisotopic (exact) mass is 212 g/mol. The number of hydrogen-bond donors (Lipinski definition) is 0. The number of aryl methyl sites for hydroxylation is 1. The molecule has 14 heavy (non-hydrogen) atoms. The summed E-state index contributed by atoms with van der Waals surface area (Å²) in [5.41, 5.74) is 1.64. The second-order valence-electron chi connectivity index (χ2n) is 3.33. The number of carbonyl (C=O) groups is 1. The van der Waals surface area contributed by atoms with Gasteiger partial charge in [-0.25, -0.2) is 0 Å². The summed E-state index contributed by atoms with van der Waals surface area (Å²) in [4.78, 5) is 17.1. The molecule has 0 fully saturated rings. The van der Waals surface area contributed by atoms with E-state index in [0.717, 1.165) is 11.3 Å². The van der Waals surface area contributed by atoms with Crippen LogP contribution < -0.4 is 0 Å². The lowest BCUT2D eigenvalue weighted by Gasteiger charge is -2.14. The number of likely N-dealkylation sites (N-methyl/N-ethyl adjacent to an activating group) is 1. The van der Waals surface area contributed by atoms with Gasteiger partial charge in [0.15, 0.2) is 0 Å². The number of hydrogen-bond acceptors (Lipinski definition) is 2. The Kier molecular flexibility index (Phi) is 3.47. The third-order valence-electron chi connectivity index (χ3n) is 1.88. The molecule has 1 aromatic heterocycles. The minimum absolute atomic E-state index is 0.127. The maximum absolute atomic E-state index is 11.5. The van der Waals surface area contributed by atoms with E-state index in [1.807, 2.05) is 19.1 Å². The van der Waals surface area contributed by atoms with Gasteiger partial charge in [0.05, 0.1) is 0 Å². The van der Waals surface area contributed by atoms with Crippen LogP contribution in [0.3, 0.4) is 0 Å². The maximum Gasteiger partial charge on any atom is 0.244 e. The number of pyridine rings is 1. The molecule has 1 heterocycles. The Balaban J connectivity index is 2.84. The minimum Gasteiger partial charge on any atom is -0.347 e. The van der Waals surface area contributed by atoms with Crippen LogP contribution >= 0.6 is 11.6 Å². The lowest BCUT2D eigenvalue weighted by atomic mass is 10.2. The molecule has 0 saturated carbocycles. The molecule has 1 aromatic rings. The Morgan fingerprint density at radius 3 is 2.57 bits per heavy atom.